The minimum Gasteiger partial charge on any atom is -0.467 e. The summed E-state index contributed by atoms with van der Waals surface area (Å²) in [5.41, 5.74) is 0.306. The van der Waals surface area contributed by atoms with Gasteiger partial charge in [-0.3, -0.25) is 14.2 Å². The first kappa shape index (κ1) is 20.5. The van der Waals surface area contributed by atoms with E-state index in [4.69, 9.17) is 16.0 Å². The molecule has 0 bridgehead atoms. The quantitative estimate of drug-likeness (QED) is 0.463. The first-order valence-corrected chi connectivity index (χ1v) is 10.3. The molecule has 0 spiro atoms. The number of furan rings is 1. The monoisotopic (exact) mass is 419 g/mol. The molecule has 1 amide bonds. The third-order valence-corrected chi connectivity index (χ3v) is 5.44. The average Bonchev–Trinajstić information content (AvgIpc) is 3.15. The number of nitrogens with zero attached hydrogens (tertiary/aromatic N) is 2. The Morgan fingerprint density at radius 2 is 2.11 bits per heavy atom. The molecule has 6 nitrogen and oxygen atoms in total. The van der Waals surface area contributed by atoms with Gasteiger partial charge in [-0.25, -0.2) is 4.98 Å². The molecule has 8 heteroatoms. The number of benzene rings is 1. The number of aromatic nitrogens is 2. The maximum Gasteiger partial charge on any atom is 0.262 e. The van der Waals surface area contributed by atoms with E-state index in [1.165, 1.54) is 16.3 Å². The number of amides is 1. The minimum absolute atomic E-state index is 0.0938. The van der Waals surface area contributed by atoms with E-state index in [2.05, 4.69) is 10.3 Å². The van der Waals surface area contributed by atoms with Gasteiger partial charge in [0.1, 0.15) is 5.76 Å². The van der Waals surface area contributed by atoms with Crippen molar-refractivity contribution in [3.05, 3.63) is 57.7 Å². The van der Waals surface area contributed by atoms with E-state index in [-0.39, 0.29) is 18.0 Å². The van der Waals surface area contributed by atoms with Crippen LogP contribution >= 0.6 is 23.4 Å². The molecule has 28 heavy (non-hydrogen) atoms. The van der Waals surface area contributed by atoms with Crippen molar-refractivity contribution >= 4 is 40.2 Å². The molecule has 2 aromatic heterocycles. The fraction of sp³-hybridized carbons (Fsp3) is 0.350. The van der Waals surface area contributed by atoms with Gasteiger partial charge in [0.05, 0.1) is 29.0 Å². The second kappa shape index (κ2) is 8.84. The SMILES string of the molecule is CC(C)CNC(=O)C(C)Sc1nc2cc(Cl)ccc2c(=O)n1Cc1ccco1. The zero-order valence-corrected chi connectivity index (χ0v) is 17.5. The van der Waals surface area contributed by atoms with E-state index in [1.54, 1.807) is 43.5 Å². The Balaban J connectivity index is 1.98. The Labute approximate surface area is 172 Å². The maximum atomic E-state index is 13.1. The van der Waals surface area contributed by atoms with Gasteiger partial charge >= 0.3 is 0 Å². The second-order valence-corrected chi connectivity index (χ2v) is 8.67. The topological polar surface area (TPSA) is 77.1 Å². The molecule has 0 fully saturated rings. The molecule has 0 saturated carbocycles. The van der Waals surface area contributed by atoms with Crippen molar-refractivity contribution in [2.75, 3.05) is 6.54 Å². The summed E-state index contributed by atoms with van der Waals surface area (Å²) in [5, 5.41) is 3.92. The van der Waals surface area contributed by atoms with Crippen molar-refractivity contribution in [3.63, 3.8) is 0 Å². The van der Waals surface area contributed by atoms with Crippen LogP contribution < -0.4 is 10.9 Å². The fourth-order valence-electron chi connectivity index (χ4n) is 2.62. The van der Waals surface area contributed by atoms with Crippen LogP contribution in [0.2, 0.25) is 5.02 Å². The first-order valence-electron chi connectivity index (χ1n) is 9.02. The van der Waals surface area contributed by atoms with E-state index < -0.39 is 5.25 Å². The predicted octanol–water partition coefficient (Wildman–Crippen LogP) is 3.94. The van der Waals surface area contributed by atoms with Gasteiger partial charge in [0.15, 0.2) is 5.16 Å². The summed E-state index contributed by atoms with van der Waals surface area (Å²) >= 11 is 7.31. The lowest BCUT2D eigenvalue weighted by molar-refractivity contribution is -0.120. The van der Waals surface area contributed by atoms with Gasteiger partial charge in [-0.15, -0.1) is 0 Å². The Morgan fingerprint density at radius 3 is 2.79 bits per heavy atom. The molecule has 3 rings (SSSR count). The van der Waals surface area contributed by atoms with E-state index in [9.17, 15) is 9.59 Å². The Kier molecular flexibility index (Phi) is 6.46. The van der Waals surface area contributed by atoms with Crippen LogP contribution in [0.25, 0.3) is 10.9 Å². The predicted molar refractivity (Wildman–Crippen MR) is 112 cm³/mol. The molecule has 1 aromatic carbocycles. The van der Waals surface area contributed by atoms with Crippen LogP contribution in [0.5, 0.6) is 0 Å². The van der Waals surface area contributed by atoms with E-state index in [0.29, 0.717) is 39.3 Å². The van der Waals surface area contributed by atoms with Gasteiger partial charge in [0, 0.05) is 11.6 Å². The summed E-state index contributed by atoms with van der Waals surface area (Å²) in [6.07, 6.45) is 1.56. The second-order valence-electron chi connectivity index (χ2n) is 6.93. The third kappa shape index (κ3) is 4.77. The molecule has 3 aromatic rings. The molecule has 1 N–H and O–H groups in total. The van der Waals surface area contributed by atoms with Crippen molar-refractivity contribution in [1.29, 1.82) is 0 Å². The lowest BCUT2D eigenvalue weighted by atomic mass is 10.2. The molecule has 0 aliphatic heterocycles. The largest absolute Gasteiger partial charge is 0.467 e. The molecule has 0 aliphatic carbocycles. The molecule has 0 saturated heterocycles. The van der Waals surface area contributed by atoms with E-state index in [1.807, 2.05) is 13.8 Å². The Hall–Kier alpha value is -2.25. The van der Waals surface area contributed by atoms with Gasteiger partial charge in [0.2, 0.25) is 5.91 Å². The lowest BCUT2D eigenvalue weighted by Crippen LogP contribution is -2.34. The van der Waals surface area contributed by atoms with Crippen LogP contribution in [-0.2, 0) is 11.3 Å². The Bertz CT molecular complexity index is 1030. The van der Waals surface area contributed by atoms with Gasteiger partial charge in [-0.2, -0.15) is 0 Å². The van der Waals surface area contributed by atoms with Crippen LogP contribution in [0.15, 0.2) is 51.0 Å². The molecular weight excluding hydrogens is 398 g/mol. The molecule has 1 atom stereocenters. The third-order valence-electron chi connectivity index (χ3n) is 4.11. The number of hydrogen-bond acceptors (Lipinski definition) is 5. The van der Waals surface area contributed by atoms with Crippen LogP contribution in [-0.4, -0.2) is 27.3 Å². The standard InChI is InChI=1S/C20H22ClN3O3S/c1-12(2)10-22-18(25)13(3)28-20-23-17-9-14(21)6-7-16(17)19(26)24(20)11-15-5-4-8-27-15/h4-9,12-13H,10-11H2,1-3H3,(H,22,25). The van der Waals surface area contributed by atoms with Crippen molar-refractivity contribution in [2.45, 2.75) is 37.7 Å². The average molecular weight is 420 g/mol. The number of carbonyl (C=O) groups excluding carboxylic acids is 1. The number of carbonyl (C=O) groups is 1. The molecular formula is C20H22ClN3O3S. The maximum absolute atomic E-state index is 13.1. The number of fused-ring (bicyclic) bond motifs is 1. The summed E-state index contributed by atoms with van der Waals surface area (Å²) in [5.74, 6) is 0.902. The number of thioether (sulfide) groups is 1. The number of halogens is 1. The first-order chi connectivity index (χ1) is 13.3. The fourth-order valence-corrected chi connectivity index (χ4v) is 3.72. The summed E-state index contributed by atoms with van der Waals surface area (Å²) in [7, 11) is 0. The van der Waals surface area contributed by atoms with Gasteiger partial charge in [0.25, 0.3) is 5.56 Å². The Morgan fingerprint density at radius 1 is 1.32 bits per heavy atom. The highest BCUT2D eigenvalue weighted by molar-refractivity contribution is 8.00. The van der Waals surface area contributed by atoms with Crippen molar-refractivity contribution in [2.24, 2.45) is 5.92 Å². The van der Waals surface area contributed by atoms with Gasteiger partial charge in [-0.1, -0.05) is 37.2 Å². The zero-order valence-electron chi connectivity index (χ0n) is 15.9. The summed E-state index contributed by atoms with van der Waals surface area (Å²) < 4.78 is 6.93. The molecule has 0 aliphatic rings. The zero-order chi connectivity index (χ0) is 20.3. The van der Waals surface area contributed by atoms with Crippen LogP contribution in [0, 0.1) is 5.92 Å². The highest BCUT2D eigenvalue weighted by Crippen LogP contribution is 2.24. The normalized spacial score (nSPS) is 12.5. The summed E-state index contributed by atoms with van der Waals surface area (Å²) in [6.45, 7) is 6.71. The smallest absolute Gasteiger partial charge is 0.262 e. The highest BCUT2D eigenvalue weighted by Gasteiger charge is 2.20. The van der Waals surface area contributed by atoms with Crippen LogP contribution in [0.3, 0.4) is 0 Å². The lowest BCUT2D eigenvalue weighted by Gasteiger charge is -2.16. The van der Waals surface area contributed by atoms with Crippen LogP contribution in [0.4, 0.5) is 0 Å². The number of rotatable bonds is 7. The van der Waals surface area contributed by atoms with Gasteiger partial charge in [-0.05, 0) is 43.2 Å². The number of nitrogens with one attached hydrogen (secondary N) is 1. The molecule has 1 unspecified atom stereocenters. The van der Waals surface area contributed by atoms with Crippen molar-refractivity contribution in [3.8, 4) is 0 Å². The van der Waals surface area contributed by atoms with E-state index in [0.717, 1.165) is 0 Å². The molecule has 0 radical (unpaired) electrons. The summed E-state index contributed by atoms with van der Waals surface area (Å²) in [4.78, 5) is 30.1. The number of hydrogen-bond donors (Lipinski definition) is 1. The van der Waals surface area contributed by atoms with Crippen molar-refractivity contribution in [1.82, 2.24) is 14.9 Å². The van der Waals surface area contributed by atoms with Crippen molar-refractivity contribution < 1.29 is 9.21 Å². The molecule has 148 valence electrons. The molecule has 2 heterocycles. The van der Waals surface area contributed by atoms with E-state index >= 15 is 0 Å². The summed E-state index contributed by atoms with van der Waals surface area (Å²) in [6, 6.07) is 8.55. The minimum atomic E-state index is -0.412. The highest BCUT2D eigenvalue weighted by atomic mass is 35.5. The van der Waals surface area contributed by atoms with Gasteiger partial charge < -0.3 is 9.73 Å². The van der Waals surface area contributed by atoms with Crippen LogP contribution in [0.1, 0.15) is 26.5 Å².